The zero-order chi connectivity index (χ0) is 13.9. The topological polar surface area (TPSA) is 38.1 Å². The van der Waals surface area contributed by atoms with Gasteiger partial charge in [-0.3, -0.25) is 0 Å². The minimum absolute atomic E-state index is 0.142. The number of rotatable bonds is 4. The van der Waals surface area contributed by atoms with Crippen LogP contribution in [0.15, 0.2) is 45.1 Å². The van der Waals surface area contributed by atoms with Gasteiger partial charge in [0.2, 0.25) is 0 Å². The van der Waals surface area contributed by atoms with Gasteiger partial charge in [0.25, 0.3) is 5.22 Å². The van der Waals surface area contributed by atoms with Crippen LogP contribution in [0.1, 0.15) is 32.0 Å². The van der Waals surface area contributed by atoms with E-state index in [-0.39, 0.29) is 5.54 Å². The van der Waals surface area contributed by atoms with Gasteiger partial charge in [-0.1, -0.05) is 12.1 Å². The van der Waals surface area contributed by atoms with Crippen LogP contribution >= 0.6 is 11.8 Å². The number of nitrogens with one attached hydrogen (secondary N) is 1. The highest BCUT2D eigenvalue weighted by Gasteiger charge is 2.08. The molecule has 0 saturated heterocycles. The van der Waals surface area contributed by atoms with Crippen molar-refractivity contribution >= 4 is 11.8 Å². The number of aryl methyl sites for hydroxylation is 1. The van der Waals surface area contributed by atoms with Crippen LogP contribution in [0.2, 0.25) is 0 Å². The molecule has 0 spiro atoms. The lowest BCUT2D eigenvalue weighted by Crippen LogP contribution is -2.35. The number of hydrogen-bond acceptors (Lipinski definition) is 4. The molecule has 0 radical (unpaired) electrons. The molecule has 0 fully saturated rings. The quantitative estimate of drug-likeness (QED) is 0.915. The van der Waals surface area contributed by atoms with Gasteiger partial charge < -0.3 is 9.73 Å². The molecule has 0 saturated carbocycles. The van der Waals surface area contributed by atoms with Gasteiger partial charge in [-0.05, 0) is 57.2 Å². The fourth-order valence-corrected chi connectivity index (χ4v) is 2.28. The van der Waals surface area contributed by atoms with E-state index in [2.05, 4.69) is 55.3 Å². The lowest BCUT2D eigenvalue weighted by atomic mass is 10.1. The van der Waals surface area contributed by atoms with Crippen molar-refractivity contribution in [2.45, 2.75) is 49.9 Å². The number of oxazole rings is 1. The fourth-order valence-electron chi connectivity index (χ4n) is 1.52. The van der Waals surface area contributed by atoms with E-state index < -0.39 is 0 Å². The van der Waals surface area contributed by atoms with E-state index in [1.165, 1.54) is 5.56 Å². The van der Waals surface area contributed by atoms with E-state index in [4.69, 9.17) is 4.42 Å². The molecule has 0 atom stereocenters. The molecule has 1 aromatic heterocycles. The Morgan fingerprint density at radius 2 is 1.89 bits per heavy atom. The summed E-state index contributed by atoms with van der Waals surface area (Å²) >= 11 is 1.54. The summed E-state index contributed by atoms with van der Waals surface area (Å²) in [6.07, 6.45) is 1.67. The van der Waals surface area contributed by atoms with Crippen molar-refractivity contribution in [1.29, 1.82) is 0 Å². The second-order valence-corrected chi connectivity index (χ2v) is 6.63. The van der Waals surface area contributed by atoms with Crippen LogP contribution in [0.4, 0.5) is 0 Å². The molecule has 1 N–H and O–H groups in total. The summed E-state index contributed by atoms with van der Waals surface area (Å²) in [5.74, 6) is 0. The maximum Gasteiger partial charge on any atom is 0.260 e. The smallest absolute Gasteiger partial charge is 0.260 e. The van der Waals surface area contributed by atoms with Crippen molar-refractivity contribution < 1.29 is 4.42 Å². The van der Waals surface area contributed by atoms with Crippen LogP contribution in [0.3, 0.4) is 0 Å². The number of hydrogen-bond donors (Lipinski definition) is 1. The second-order valence-electron chi connectivity index (χ2n) is 5.60. The molecule has 0 amide bonds. The van der Waals surface area contributed by atoms with Crippen LogP contribution in [-0.2, 0) is 6.54 Å². The highest BCUT2D eigenvalue weighted by molar-refractivity contribution is 7.99. The fraction of sp³-hybridized carbons (Fsp3) is 0.400. The molecule has 4 heteroatoms. The van der Waals surface area contributed by atoms with Gasteiger partial charge in [-0.25, -0.2) is 4.98 Å². The Balaban J connectivity index is 1.95. The number of benzene rings is 1. The van der Waals surface area contributed by atoms with Crippen LogP contribution < -0.4 is 5.32 Å². The van der Waals surface area contributed by atoms with E-state index >= 15 is 0 Å². The zero-order valence-electron chi connectivity index (χ0n) is 11.9. The molecule has 1 aromatic carbocycles. The Labute approximate surface area is 118 Å². The summed E-state index contributed by atoms with van der Waals surface area (Å²) in [6, 6.07) is 8.47. The highest BCUT2D eigenvalue weighted by atomic mass is 32.2. The van der Waals surface area contributed by atoms with Crippen molar-refractivity contribution in [3.05, 3.63) is 41.8 Å². The first kappa shape index (κ1) is 14.2. The summed E-state index contributed by atoms with van der Waals surface area (Å²) in [6.45, 7) is 9.31. The second kappa shape index (κ2) is 5.80. The van der Waals surface area contributed by atoms with E-state index in [1.807, 2.05) is 6.92 Å². The predicted molar refractivity (Wildman–Crippen MR) is 78.4 cm³/mol. The maximum absolute atomic E-state index is 5.33. The Hall–Kier alpha value is -1.26. The molecular formula is C15H20N2OS. The van der Waals surface area contributed by atoms with Crippen LogP contribution in [0.25, 0.3) is 0 Å². The Morgan fingerprint density at radius 3 is 2.42 bits per heavy atom. The van der Waals surface area contributed by atoms with Gasteiger partial charge in [-0.15, -0.1) is 0 Å². The maximum atomic E-state index is 5.33. The first-order chi connectivity index (χ1) is 8.92. The average molecular weight is 276 g/mol. The van der Waals surface area contributed by atoms with E-state index in [1.54, 1.807) is 18.0 Å². The molecule has 1 heterocycles. The molecule has 0 bridgehead atoms. The SMILES string of the molecule is Cc1coc(Sc2ccc(CNC(C)(C)C)cc2)n1. The van der Waals surface area contributed by atoms with Crippen LogP contribution in [0, 0.1) is 6.92 Å². The third kappa shape index (κ3) is 4.73. The molecular weight excluding hydrogens is 256 g/mol. The average Bonchev–Trinajstić information content (AvgIpc) is 2.73. The third-order valence-corrected chi connectivity index (χ3v) is 3.42. The normalized spacial score (nSPS) is 11.8. The summed E-state index contributed by atoms with van der Waals surface area (Å²) in [5, 5.41) is 4.17. The molecule has 0 unspecified atom stereocenters. The van der Waals surface area contributed by atoms with Gasteiger partial charge in [0, 0.05) is 17.0 Å². The molecule has 0 aliphatic carbocycles. The molecule has 2 rings (SSSR count). The van der Waals surface area contributed by atoms with Crippen molar-refractivity contribution in [1.82, 2.24) is 10.3 Å². The summed E-state index contributed by atoms with van der Waals surface area (Å²) < 4.78 is 5.33. The number of nitrogens with zero attached hydrogens (tertiary/aromatic N) is 1. The van der Waals surface area contributed by atoms with Crippen molar-refractivity contribution in [2.75, 3.05) is 0 Å². The molecule has 102 valence electrons. The van der Waals surface area contributed by atoms with Gasteiger partial charge in [0.15, 0.2) is 0 Å². The number of aromatic nitrogens is 1. The first-order valence-corrected chi connectivity index (χ1v) is 7.18. The van der Waals surface area contributed by atoms with E-state index in [0.29, 0.717) is 5.22 Å². The van der Waals surface area contributed by atoms with Crippen molar-refractivity contribution in [2.24, 2.45) is 0 Å². The van der Waals surface area contributed by atoms with Crippen molar-refractivity contribution in [3.63, 3.8) is 0 Å². The zero-order valence-corrected chi connectivity index (χ0v) is 12.7. The molecule has 0 aliphatic rings. The summed E-state index contributed by atoms with van der Waals surface area (Å²) in [7, 11) is 0. The van der Waals surface area contributed by atoms with E-state index in [0.717, 1.165) is 17.1 Å². The molecule has 19 heavy (non-hydrogen) atoms. The third-order valence-electron chi connectivity index (χ3n) is 2.55. The van der Waals surface area contributed by atoms with Crippen LogP contribution in [0.5, 0.6) is 0 Å². The lowest BCUT2D eigenvalue weighted by molar-refractivity contribution is 0.424. The van der Waals surface area contributed by atoms with E-state index in [9.17, 15) is 0 Å². The Bertz CT molecular complexity index is 526. The lowest BCUT2D eigenvalue weighted by Gasteiger charge is -2.20. The Morgan fingerprint density at radius 1 is 1.21 bits per heavy atom. The summed E-state index contributed by atoms with van der Waals surface area (Å²) in [4.78, 5) is 5.42. The predicted octanol–water partition coefficient (Wildman–Crippen LogP) is 4.02. The monoisotopic (exact) mass is 276 g/mol. The largest absolute Gasteiger partial charge is 0.439 e. The van der Waals surface area contributed by atoms with Crippen LogP contribution in [-0.4, -0.2) is 10.5 Å². The molecule has 2 aromatic rings. The minimum atomic E-state index is 0.142. The van der Waals surface area contributed by atoms with Gasteiger partial charge >= 0.3 is 0 Å². The standard InChI is InChI=1S/C15H20N2OS/c1-11-10-18-14(17-11)19-13-7-5-12(6-8-13)9-16-15(2,3)4/h5-8,10,16H,9H2,1-4H3. The van der Waals surface area contributed by atoms with Gasteiger partial charge in [0.05, 0.1) is 5.69 Å². The molecule has 0 aliphatic heterocycles. The van der Waals surface area contributed by atoms with Gasteiger partial charge in [-0.2, -0.15) is 0 Å². The summed E-state index contributed by atoms with van der Waals surface area (Å²) in [5.41, 5.74) is 2.33. The molecule has 3 nitrogen and oxygen atoms in total. The van der Waals surface area contributed by atoms with Gasteiger partial charge in [0.1, 0.15) is 6.26 Å². The minimum Gasteiger partial charge on any atom is -0.439 e. The Kier molecular flexibility index (Phi) is 4.32. The first-order valence-electron chi connectivity index (χ1n) is 6.36. The highest BCUT2D eigenvalue weighted by Crippen LogP contribution is 2.26. The van der Waals surface area contributed by atoms with Crippen molar-refractivity contribution in [3.8, 4) is 0 Å².